The Morgan fingerprint density at radius 2 is 2.00 bits per heavy atom. The molecular weight excluding hydrogens is 122 g/mol. The van der Waals surface area contributed by atoms with Crippen LogP contribution in [0.5, 0.6) is 0 Å². The molecule has 0 aromatic rings. The van der Waals surface area contributed by atoms with Crippen LogP contribution in [0.15, 0.2) is 12.2 Å². The maximum atomic E-state index is 9.81. The maximum Gasteiger partial charge on any atom is 1.00 e. The largest absolute Gasteiger partial charge is 1.00 e. The molecule has 0 saturated carbocycles. The van der Waals surface area contributed by atoms with Gasteiger partial charge >= 0.3 is 29.6 Å². The van der Waals surface area contributed by atoms with E-state index in [1.807, 2.05) is 0 Å². The fourth-order valence-corrected chi connectivity index (χ4v) is 0. The minimum atomic E-state index is -0.463. The summed E-state index contributed by atoms with van der Waals surface area (Å²) in [7, 11) is 0. The summed E-state index contributed by atoms with van der Waals surface area (Å²) in [5.41, 5.74) is 0.386. The van der Waals surface area contributed by atoms with Crippen molar-refractivity contribution >= 4 is 16.8 Å². The van der Waals surface area contributed by atoms with Gasteiger partial charge in [0.15, 0.2) is 0 Å². The van der Waals surface area contributed by atoms with E-state index in [0.717, 1.165) is 0 Å². The van der Waals surface area contributed by atoms with Gasteiger partial charge in [0.25, 0.3) is 0 Å². The fraction of sp³-hybridized carbons (Fsp3) is 0.250. The quantitative estimate of drug-likeness (QED) is 0.237. The van der Waals surface area contributed by atoms with Gasteiger partial charge in [-0.2, -0.15) is 0 Å². The summed E-state index contributed by atoms with van der Waals surface area (Å²) in [5, 5.41) is -0.463. The van der Waals surface area contributed by atoms with Crippen molar-refractivity contribution in [2.24, 2.45) is 0 Å². The molecule has 0 saturated heterocycles. The van der Waals surface area contributed by atoms with E-state index in [-0.39, 0.29) is 31.0 Å². The molecule has 0 aliphatic heterocycles. The van der Waals surface area contributed by atoms with E-state index < -0.39 is 5.24 Å². The Balaban J connectivity index is -0.000000125. The van der Waals surface area contributed by atoms with Gasteiger partial charge in [-0.1, -0.05) is 6.58 Å². The third kappa shape index (κ3) is 6.70. The van der Waals surface area contributed by atoms with Gasteiger partial charge < -0.3 is 1.43 Å². The third-order valence-electron chi connectivity index (χ3n) is 0.336. The SMILES string of the molecule is C=C(C)C(=O)Cl.[H-].[Na+]. The zero-order chi connectivity index (χ0) is 5.15. The summed E-state index contributed by atoms with van der Waals surface area (Å²) in [6, 6.07) is 0. The van der Waals surface area contributed by atoms with E-state index in [9.17, 15) is 4.79 Å². The summed E-state index contributed by atoms with van der Waals surface area (Å²) in [5.74, 6) is 0. The van der Waals surface area contributed by atoms with Crippen molar-refractivity contribution in [1.29, 1.82) is 0 Å². The molecule has 0 aromatic heterocycles. The normalized spacial score (nSPS) is 6.57. The maximum absolute atomic E-state index is 9.81. The van der Waals surface area contributed by atoms with Gasteiger partial charge in [-0.15, -0.1) is 0 Å². The van der Waals surface area contributed by atoms with Crippen LogP contribution in [0.2, 0.25) is 0 Å². The summed E-state index contributed by atoms with van der Waals surface area (Å²) >= 11 is 4.87. The Morgan fingerprint density at radius 3 is 2.00 bits per heavy atom. The predicted molar refractivity (Wildman–Crippen MR) is 26.8 cm³/mol. The van der Waals surface area contributed by atoms with E-state index in [0.29, 0.717) is 5.57 Å². The number of allylic oxidation sites excluding steroid dienone is 1. The van der Waals surface area contributed by atoms with Crippen molar-refractivity contribution in [2.45, 2.75) is 6.92 Å². The summed E-state index contributed by atoms with van der Waals surface area (Å²) in [4.78, 5) is 9.81. The summed E-state index contributed by atoms with van der Waals surface area (Å²) in [6.07, 6.45) is 0. The smallest absolute Gasteiger partial charge is 1.00 e. The average Bonchev–Trinajstić information content (AvgIpc) is 1.36. The Morgan fingerprint density at radius 1 is 1.86 bits per heavy atom. The Kier molecular flexibility index (Phi) is 7.37. The molecule has 36 valence electrons. The molecule has 0 radical (unpaired) electrons. The van der Waals surface area contributed by atoms with E-state index in [1.165, 1.54) is 0 Å². The van der Waals surface area contributed by atoms with Crippen LogP contribution in [0.3, 0.4) is 0 Å². The molecule has 0 amide bonds. The standard InChI is InChI=1S/C4H5ClO.Na.H/c1-3(2)4(5)6;;/h1H2,2H3;;/q;+1;-1. The molecular formula is C4H6ClNaO. The first-order valence-electron chi connectivity index (χ1n) is 1.50. The van der Waals surface area contributed by atoms with Crippen LogP contribution in [-0.4, -0.2) is 5.24 Å². The number of hydrogen-bond acceptors (Lipinski definition) is 1. The zero-order valence-electron chi connectivity index (χ0n) is 5.49. The van der Waals surface area contributed by atoms with E-state index in [4.69, 9.17) is 11.6 Å². The molecule has 0 unspecified atom stereocenters. The van der Waals surface area contributed by atoms with E-state index >= 15 is 0 Å². The number of carbonyl (C=O) groups excluding carboxylic acids is 1. The molecule has 0 spiro atoms. The monoisotopic (exact) mass is 128 g/mol. The van der Waals surface area contributed by atoms with Crippen LogP contribution >= 0.6 is 11.6 Å². The van der Waals surface area contributed by atoms with Gasteiger partial charge in [-0.25, -0.2) is 0 Å². The van der Waals surface area contributed by atoms with Gasteiger partial charge in [0.2, 0.25) is 5.24 Å². The fourth-order valence-electron chi connectivity index (χ4n) is 0. The second kappa shape index (κ2) is 4.85. The van der Waals surface area contributed by atoms with E-state index in [2.05, 4.69) is 6.58 Å². The topological polar surface area (TPSA) is 17.1 Å². The van der Waals surface area contributed by atoms with Crippen LogP contribution in [0.1, 0.15) is 8.35 Å². The second-order valence-electron chi connectivity index (χ2n) is 1.05. The second-order valence-corrected chi connectivity index (χ2v) is 1.40. The van der Waals surface area contributed by atoms with Crippen LogP contribution in [-0.2, 0) is 4.79 Å². The molecule has 3 heteroatoms. The van der Waals surface area contributed by atoms with Crippen LogP contribution in [0, 0.1) is 0 Å². The number of carbonyl (C=O) groups is 1. The van der Waals surface area contributed by atoms with Crippen LogP contribution in [0.25, 0.3) is 0 Å². The molecule has 0 aromatic carbocycles. The average molecular weight is 129 g/mol. The predicted octanol–water partition coefficient (Wildman–Crippen LogP) is -1.56. The van der Waals surface area contributed by atoms with E-state index in [1.54, 1.807) is 6.92 Å². The molecule has 0 aliphatic rings. The first kappa shape index (κ1) is 10.6. The first-order chi connectivity index (χ1) is 2.64. The Labute approximate surface area is 71.5 Å². The van der Waals surface area contributed by atoms with Gasteiger partial charge in [0.1, 0.15) is 0 Å². The molecule has 0 heterocycles. The van der Waals surface area contributed by atoms with Gasteiger partial charge in [0.05, 0.1) is 0 Å². The Bertz CT molecular complexity index is 82.0. The molecule has 0 bridgehead atoms. The molecule has 0 fully saturated rings. The van der Waals surface area contributed by atoms with Crippen molar-refractivity contribution in [1.82, 2.24) is 0 Å². The minimum absolute atomic E-state index is 0. The van der Waals surface area contributed by atoms with Gasteiger partial charge in [0, 0.05) is 5.57 Å². The molecule has 1 nitrogen and oxygen atoms in total. The third-order valence-corrected chi connectivity index (χ3v) is 0.658. The van der Waals surface area contributed by atoms with Crippen molar-refractivity contribution in [3.63, 3.8) is 0 Å². The molecule has 7 heavy (non-hydrogen) atoms. The van der Waals surface area contributed by atoms with Crippen molar-refractivity contribution in [3.8, 4) is 0 Å². The molecule has 0 N–H and O–H groups in total. The number of hydrogen-bond donors (Lipinski definition) is 0. The summed E-state index contributed by atoms with van der Waals surface area (Å²) in [6.45, 7) is 4.84. The summed E-state index contributed by atoms with van der Waals surface area (Å²) < 4.78 is 0. The zero-order valence-corrected chi connectivity index (χ0v) is 7.25. The van der Waals surface area contributed by atoms with Crippen molar-refractivity contribution in [3.05, 3.63) is 12.2 Å². The molecule has 0 aliphatic carbocycles. The molecule has 0 rings (SSSR count). The molecule has 0 atom stereocenters. The van der Waals surface area contributed by atoms with Gasteiger partial charge in [-0.3, -0.25) is 4.79 Å². The minimum Gasteiger partial charge on any atom is -1.00 e. The van der Waals surface area contributed by atoms with Crippen molar-refractivity contribution < 1.29 is 35.8 Å². The van der Waals surface area contributed by atoms with Crippen LogP contribution < -0.4 is 29.6 Å². The number of rotatable bonds is 1. The van der Waals surface area contributed by atoms with Crippen LogP contribution in [0.4, 0.5) is 0 Å². The van der Waals surface area contributed by atoms with Crippen molar-refractivity contribution in [2.75, 3.05) is 0 Å². The number of halogens is 1. The first-order valence-corrected chi connectivity index (χ1v) is 1.87. The Hall–Kier alpha value is 0.700. The van der Waals surface area contributed by atoms with Gasteiger partial charge in [-0.05, 0) is 18.5 Å².